The summed E-state index contributed by atoms with van der Waals surface area (Å²) < 4.78 is 6.20. The number of carbonyl (C=O) groups excluding carboxylic acids is 1. The minimum Gasteiger partial charge on any atom is -0.459 e. The van der Waals surface area contributed by atoms with Gasteiger partial charge in [0, 0.05) is 11.5 Å². The molecule has 0 saturated heterocycles. The van der Waals surface area contributed by atoms with Crippen LogP contribution in [0.3, 0.4) is 0 Å². The Morgan fingerprint density at radius 1 is 1.47 bits per heavy atom. The minimum absolute atomic E-state index is 0.150. The molecule has 90 valence electrons. The summed E-state index contributed by atoms with van der Waals surface area (Å²) in [5.74, 6) is 0.180. The Hall–Kier alpha value is -2.04. The number of carbonyl (C=O) groups is 1. The first-order chi connectivity index (χ1) is 7.89. The van der Waals surface area contributed by atoms with Gasteiger partial charge in [0.1, 0.15) is 5.82 Å². The van der Waals surface area contributed by atoms with Crippen LogP contribution in [0.15, 0.2) is 28.9 Å². The van der Waals surface area contributed by atoms with Crippen LogP contribution in [0.25, 0.3) is 0 Å². The van der Waals surface area contributed by atoms with E-state index in [-0.39, 0.29) is 17.1 Å². The lowest BCUT2D eigenvalue weighted by Gasteiger charge is -2.13. The maximum absolute atomic E-state index is 12.0. The monoisotopic (exact) mass is 233 g/mol. The van der Waals surface area contributed by atoms with Crippen molar-refractivity contribution in [3.8, 4) is 0 Å². The predicted octanol–water partition coefficient (Wildman–Crippen LogP) is 2.04. The van der Waals surface area contributed by atoms with Crippen LogP contribution in [0.4, 0.5) is 5.82 Å². The lowest BCUT2D eigenvalue weighted by Crippen LogP contribution is -2.17. The standard InChI is InChI=1S/C12H15N3O2/c1-12(2,3)9-7-10(13)15(14-9)11(16)8-5-4-6-17-8/h4-7H,13H2,1-3H3. The Labute approximate surface area is 99.2 Å². The fourth-order valence-electron chi connectivity index (χ4n) is 1.43. The summed E-state index contributed by atoms with van der Waals surface area (Å²) in [5, 5.41) is 4.22. The summed E-state index contributed by atoms with van der Waals surface area (Å²) in [6.45, 7) is 6.03. The Bertz CT molecular complexity index is 533. The quantitative estimate of drug-likeness (QED) is 0.818. The maximum Gasteiger partial charge on any atom is 0.315 e. The van der Waals surface area contributed by atoms with Gasteiger partial charge in [-0.3, -0.25) is 4.79 Å². The summed E-state index contributed by atoms with van der Waals surface area (Å²) in [5.41, 5.74) is 6.41. The number of hydrogen-bond acceptors (Lipinski definition) is 4. The molecule has 2 heterocycles. The molecule has 0 fully saturated rings. The summed E-state index contributed by atoms with van der Waals surface area (Å²) in [4.78, 5) is 12.0. The van der Waals surface area contributed by atoms with E-state index in [0.29, 0.717) is 5.82 Å². The molecule has 2 aromatic heterocycles. The van der Waals surface area contributed by atoms with Crippen LogP contribution in [-0.4, -0.2) is 15.7 Å². The second-order valence-corrected chi connectivity index (χ2v) is 4.90. The fraction of sp³-hybridized carbons (Fsp3) is 0.333. The molecule has 0 aliphatic heterocycles. The van der Waals surface area contributed by atoms with E-state index in [2.05, 4.69) is 5.10 Å². The van der Waals surface area contributed by atoms with Gasteiger partial charge in [-0.15, -0.1) is 0 Å². The predicted molar refractivity (Wildman–Crippen MR) is 63.8 cm³/mol. The van der Waals surface area contributed by atoms with Crippen LogP contribution in [-0.2, 0) is 5.41 Å². The third kappa shape index (κ3) is 2.08. The van der Waals surface area contributed by atoms with E-state index in [1.54, 1.807) is 18.2 Å². The van der Waals surface area contributed by atoms with Gasteiger partial charge in [0.05, 0.1) is 12.0 Å². The van der Waals surface area contributed by atoms with E-state index >= 15 is 0 Å². The molecule has 0 aliphatic carbocycles. The number of furan rings is 1. The van der Waals surface area contributed by atoms with Crippen molar-refractivity contribution in [1.82, 2.24) is 9.78 Å². The highest BCUT2D eigenvalue weighted by molar-refractivity contribution is 5.94. The number of nitrogen functional groups attached to an aromatic ring is 1. The maximum atomic E-state index is 12.0. The van der Waals surface area contributed by atoms with Crippen molar-refractivity contribution in [3.05, 3.63) is 35.9 Å². The molecule has 0 saturated carbocycles. The van der Waals surface area contributed by atoms with Gasteiger partial charge in [-0.1, -0.05) is 20.8 Å². The summed E-state index contributed by atoms with van der Waals surface area (Å²) in [6, 6.07) is 4.94. The van der Waals surface area contributed by atoms with E-state index in [9.17, 15) is 4.79 Å². The number of rotatable bonds is 1. The SMILES string of the molecule is CC(C)(C)c1cc(N)n(C(=O)c2ccco2)n1. The van der Waals surface area contributed by atoms with Crippen molar-refractivity contribution in [2.24, 2.45) is 0 Å². The highest BCUT2D eigenvalue weighted by atomic mass is 16.3. The van der Waals surface area contributed by atoms with Gasteiger partial charge in [-0.2, -0.15) is 9.78 Å². The van der Waals surface area contributed by atoms with Gasteiger partial charge in [0.2, 0.25) is 0 Å². The lowest BCUT2D eigenvalue weighted by atomic mass is 9.92. The van der Waals surface area contributed by atoms with Gasteiger partial charge in [-0.25, -0.2) is 0 Å². The van der Waals surface area contributed by atoms with Crippen molar-refractivity contribution in [2.45, 2.75) is 26.2 Å². The Balaban J connectivity index is 2.41. The molecular formula is C12H15N3O2. The number of nitrogens with two attached hydrogens (primary N) is 1. The number of nitrogens with zero attached hydrogens (tertiary/aromatic N) is 2. The van der Waals surface area contributed by atoms with E-state index in [0.717, 1.165) is 5.69 Å². The fourth-order valence-corrected chi connectivity index (χ4v) is 1.43. The molecule has 0 aliphatic rings. The molecule has 2 rings (SSSR count). The molecule has 2 aromatic rings. The Morgan fingerprint density at radius 3 is 2.65 bits per heavy atom. The molecule has 0 aromatic carbocycles. The molecule has 17 heavy (non-hydrogen) atoms. The van der Waals surface area contributed by atoms with Crippen LogP contribution < -0.4 is 5.73 Å². The second-order valence-electron chi connectivity index (χ2n) is 4.90. The van der Waals surface area contributed by atoms with Crippen LogP contribution in [0.2, 0.25) is 0 Å². The molecule has 0 spiro atoms. The first kappa shape index (κ1) is 11.4. The average molecular weight is 233 g/mol. The molecule has 0 amide bonds. The Morgan fingerprint density at radius 2 is 2.18 bits per heavy atom. The van der Waals surface area contributed by atoms with Crippen LogP contribution in [0, 0.1) is 0 Å². The van der Waals surface area contributed by atoms with Crippen molar-refractivity contribution in [1.29, 1.82) is 0 Å². The van der Waals surface area contributed by atoms with Gasteiger partial charge in [0.25, 0.3) is 0 Å². The molecule has 5 heteroatoms. The van der Waals surface area contributed by atoms with Crippen LogP contribution in [0.5, 0.6) is 0 Å². The van der Waals surface area contributed by atoms with Crippen LogP contribution in [0.1, 0.15) is 37.0 Å². The van der Waals surface area contributed by atoms with E-state index in [1.807, 2.05) is 20.8 Å². The van der Waals surface area contributed by atoms with Crippen molar-refractivity contribution in [3.63, 3.8) is 0 Å². The lowest BCUT2D eigenvalue weighted by molar-refractivity contribution is 0.0919. The van der Waals surface area contributed by atoms with Gasteiger partial charge < -0.3 is 10.2 Å². The minimum atomic E-state index is -0.358. The topological polar surface area (TPSA) is 74.0 Å². The molecule has 5 nitrogen and oxygen atoms in total. The summed E-state index contributed by atoms with van der Waals surface area (Å²) in [7, 11) is 0. The zero-order valence-electron chi connectivity index (χ0n) is 10.1. The van der Waals surface area contributed by atoms with Crippen molar-refractivity contribution < 1.29 is 9.21 Å². The molecule has 2 N–H and O–H groups in total. The molecular weight excluding hydrogens is 218 g/mol. The molecule has 0 atom stereocenters. The van der Waals surface area contributed by atoms with Crippen LogP contribution >= 0.6 is 0 Å². The number of hydrogen-bond donors (Lipinski definition) is 1. The van der Waals surface area contributed by atoms with E-state index in [4.69, 9.17) is 10.2 Å². The third-order valence-electron chi connectivity index (χ3n) is 2.43. The van der Waals surface area contributed by atoms with Crippen molar-refractivity contribution >= 4 is 11.7 Å². The molecule has 0 radical (unpaired) electrons. The number of aromatic nitrogens is 2. The Kier molecular flexibility index (Phi) is 2.53. The normalized spacial score (nSPS) is 11.7. The highest BCUT2D eigenvalue weighted by Gasteiger charge is 2.22. The summed E-state index contributed by atoms with van der Waals surface area (Å²) in [6.07, 6.45) is 1.44. The zero-order valence-corrected chi connectivity index (χ0v) is 10.1. The first-order valence-corrected chi connectivity index (χ1v) is 5.34. The smallest absolute Gasteiger partial charge is 0.315 e. The first-order valence-electron chi connectivity index (χ1n) is 5.34. The highest BCUT2D eigenvalue weighted by Crippen LogP contribution is 2.23. The average Bonchev–Trinajstić information content (AvgIpc) is 2.83. The van der Waals surface area contributed by atoms with E-state index in [1.165, 1.54) is 10.9 Å². The third-order valence-corrected chi connectivity index (χ3v) is 2.43. The van der Waals surface area contributed by atoms with Crippen molar-refractivity contribution in [2.75, 3.05) is 5.73 Å². The van der Waals surface area contributed by atoms with Gasteiger partial charge in [-0.05, 0) is 12.1 Å². The zero-order chi connectivity index (χ0) is 12.6. The van der Waals surface area contributed by atoms with E-state index < -0.39 is 0 Å². The number of anilines is 1. The summed E-state index contributed by atoms with van der Waals surface area (Å²) >= 11 is 0. The van der Waals surface area contributed by atoms with Gasteiger partial charge >= 0.3 is 5.91 Å². The molecule has 0 unspecified atom stereocenters. The largest absolute Gasteiger partial charge is 0.459 e. The second kappa shape index (κ2) is 3.76. The molecule has 0 bridgehead atoms. The van der Waals surface area contributed by atoms with Gasteiger partial charge in [0.15, 0.2) is 5.76 Å².